The van der Waals surface area contributed by atoms with Crippen LogP contribution in [0.4, 0.5) is 0 Å². The summed E-state index contributed by atoms with van der Waals surface area (Å²) in [7, 11) is -4.76. The van der Waals surface area contributed by atoms with E-state index in [1.807, 2.05) is 0 Å². The Balaban J connectivity index is 3.03. The number of rotatable bonds is 22. The molecule has 13 N–H and O–H groups in total. The van der Waals surface area contributed by atoms with E-state index in [9.17, 15) is 48.3 Å². The van der Waals surface area contributed by atoms with Crippen molar-refractivity contribution in [1.82, 2.24) is 26.6 Å². The highest BCUT2D eigenvalue weighted by Gasteiger charge is 2.34. The highest BCUT2D eigenvalue weighted by Crippen LogP contribution is 2.37. The van der Waals surface area contributed by atoms with Gasteiger partial charge < -0.3 is 52.8 Å². The Labute approximate surface area is 306 Å². The summed E-state index contributed by atoms with van der Waals surface area (Å²) in [5, 5.41) is 31.6. The molecule has 1 rings (SSSR count). The lowest BCUT2D eigenvalue weighted by Crippen LogP contribution is -2.61. The van der Waals surface area contributed by atoms with Crippen molar-refractivity contribution in [3.05, 3.63) is 29.8 Å². The SMILES string of the molecule is CC(C)C[C@H](NC(=O)[C@@H](N)Cc1ccc(OP(=O)(O)O)cc1)C(=O)N[C@@H](C)C(=O)N[C@@H](CCC(N)=O)C(=O)N[C@H](C(=O)N[C@H](C(=O)O)C(C)C)[C@@H](C)O. The topological polar surface area (TPSA) is 339 Å². The van der Waals surface area contributed by atoms with Gasteiger partial charge in [0.2, 0.25) is 35.4 Å². The van der Waals surface area contributed by atoms with Crippen molar-refractivity contribution in [2.24, 2.45) is 23.3 Å². The summed E-state index contributed by atoms with van der Waals surface area (Å²) in [6, 6.07) is -2.61. The van der Waals surface area contributed by atoms with E-state index in [1.54, 1.807) is 27.7 Å². The predicted octanol–water partition coefficient (Wildman–Crippen LogP) is -2.10. The quantitative estimate of drug-likeness (QED) is 0.0563. The second-order valence-electron chi connectivity index (χ2n) is 13.3. The zero-order valence-electron chi connectivity index (χ0n) is 30.4. The number of phosphoric acid groups is 1. The third kappa shape index (κ3) is 17.2. The summed E-state index contributed by atoms with van der Waals surface area (Å²) in [6.45, 7) is 9.13. The van der Waals surface area contributed by atoms with Crippen molar-refractivity contribution in [1.29, 1.82) is 0 Å². The largest absolute Gasteiger partial charge is 0.524 e. The first kappa shape index (κ1) is 46.4. The minimum Gasteiger partial charge on any atom is -0.480 e. The number of primary amides is 1. The summed E-state index contributed by atoms with van der Waals surface area (Å²) in [6.07, 6.45) is -2.11. The van der Waals surface area contributed by atoms with Crippen molar-refractivity contribution in [3.63, 3.8) is 0 Å². The van der Waals surface area contributed by atoms with Gasteiger partial charge in [0.15, 0.2) is 0 Å². The Morgan fingerprint density at radius 3 is 1.75 bits per heavy atom. The van der Waals surface area contributed by atoms with Gasteiger partial charge in [-0.2, -0.15) is 0 Å². The number of benzene rings is 1. The fourth-order valence-electron chi connectivity index (χ4n) is 4.80. The number of aliphatic carboxylic acids is 1. The van der Waals surface area contributed by atoms with Crippen LogP contribution < -0.4 is 42.6 Å². The number of carbonyl (C=O) groups excluding carboxylic acids is 6. The standard InChI is InChI=1S/C32H52N7O13P/c1-15(2)13-23(37-28(43)21(33)14-19-7-9-20(10-8-19)52-53(49,50)51)30(45)35-17(5)27(42)36-22(11-12-24(34)41)29(44)39-26(18(6)40)31(46)38-25(16(3)4)32(47)48/h7-10,15-18,21-23,25-26,40H,11-14,33H2,1-6H3,(H2,34,41)(H,35,45)(H,36,42)(H,37,43)(H,38,46)(H,39,44)(H,47,48)(H2,49,50,51)/t17-,18+,21-,22-,23-,25-,26-/m0/s1. The van der Waals surface area contributed by atoms with Crippen LogP contribution in [0.25, 0.3) is 0 Å². The number of aliphatic hydroxyl groups is 1. The minimum absolute atomic E-state index is 0.0128. The molecule has 298 valence electrons. The number of carboxylic acids is 1. The maximum Gasteiger partial charge on any atom is 0.524 e. The number of hydrogen-bond acceptors (Lipinski definition) is 11. The average molecular weight is 774 g/mol. The molecule has 7 atom stereocenters. The van der Waals surface area contributed by atoms with E-state index in [4.69, 9.17) is 21.3 Å². The van der Waals surface area contributed by atoms with Crippen LogP contribution in [-0.4, -0.2) is 104 Å². The Kier molecular flexibility index (Phi) is 18.5. The van der Waals surface area contributed by atoms with Crippen LogP contribution in [0, 0.1) is 11.8 Å². The summed E-state index contributed by atoms with van der Waals surface area (Å²) >= 11 is 0. The molecule has 0 saturated carbocycles. The first-order valence-corrected chi connectivity index (χ1v) is 18.2. The summed E-state index contributed by atoms with van der Waals surface area (Å²) in [5.74, 6) is -7.31. The molecular weight excluding hydrogens is 721 g/mol. The molecule has 0 heterocycles. The maximum absolute atomic E-state index is 13.3. The molecule has 0 spiro atoms. The third-order valence-electron chi connectivity index (χ3n) is 7.64. The zero-order valence-corrected chi connectivity index (χ0v) is 31.3. The monoisotopic (exact) mass is 773 g/mol. The second-order valence-corrected chi connectivity index (χ2v) is 14.5. The molecule has 0 bridgehead atoms. The van der Waals surface area contributed by atoms with Gasteiger partial charge >= 0.3 is 13.8 Å². The Morgan fingerprint density at radius 2 is 1.28 bits per heavy atom. The van der Waals surface area contributed by atoms with Crippen LogP contribution in [0.15, 0.2) is 24.3 Å². The molecule has 0 aliphatic carbocycles. The number of aliphatic hydroxyl groups excluding tert-OH is 1. The van der Waals surface area contributed by atoms with Crippen LogP contribution in [0.1, 0.15) is 66.4 Å². The lowest BCUT2D eigenvalue weighted by molar-refractivity contribution is -0.144. The smallest absolute Gasteiger partial charge is 0.480 e. The lowest BCUT2D eigenvalue weighted by Gasteiger charge is -2.27. The van der Waals surface area contributed by atoms with Crippen LogP contribution in [-0.2, 0) is 44.5 Å². The molecule has 0 aliphatic heterocycles. The Morgan fingerprint density at radius 1 is 0.755 bits per heavy atom. The first-order chi connectivity index (χ1) is 24.4. The van der Waals surface area contributed by atoms with Crippen LogP contribution >= 0.6 is 7.82 Å². The highest BCUT2D eigenvalue weighted by molar-refractivity contribution is 7.46. The number of carboxylic acid groups (broad SMARTS) is 1. The van der Waals surface area contributed by atoms with Crippen molar-refractivity contribution >= 4 is 49.2 Å². The molecule has 21 heteroatoms. The predicted molar refractivity (Wildman–Crippen MR) is 188 cm³/mol. The van der Waals surface area contributed by atoms with Crippen molar-refractivity contribution in [3.8, 4) is 5.75 Å². The molecule has 53 heavy (non-hydrogen) atoms. The number of phosphoric ester groups is 1. The maximum atomic E-state index is 13.3. The number of carbonyl (C=O) groups is 7. The molecule has 6 amide bonds. The van der Waals surface area contributed by atoms with Crippen molar-refractivity contribution in [2.45, 2.75) is 110 Å². The van der Waals surface area contributed by atoms with Crippen molar-refractivity contribution in [2.75, 3.05) is 0 Å². The van der Waals surface area contributed by atoms with Gasteiger partial charge in [0.1, 0.15) is 36.0 Å². The summed E-state index contributed by atoms with van der Waals surface area (Å²) in [4.78, 5) is 107. The molecule has 20 nitrogen and oxygen atoms in total. The summed E-state index contributed by atoms with van der Waals surface area (Å²) in [5.41, 5.74) is 11.8. The van der Waals surface area contributed by atoms with Crippen LogP contribution in [0.3, 0.4) is 0 Å². The Hall–Kier alpha value is -4.62. The van der Waals surface area contributed by atoms with E-state index in [0.29, 0.717) is 5.56 Å². The minimum atomic E-state index is -4.76. The number of nitrogens with two attached hydrogens (primary N) is 2. The fraction of sp³-hybridized carbons (Fsp3) is 0.594. The van der Waals surface area contributed by atoms with Gasteiger partial charge in [0.05, 0.1) is 12.1 Å². The van der Waals surface area contributed by atoms with E-state index in [-0.39, 0.29) is 37.4 Å². The van der Waals surface area contributed by atoms with Crippen molar-refractivity contribution < 1.29 is 62.7 Å². The molecule has 0 saturated heterocycles. The molecule has 0 aliphatic rings. The van der Waals surface area contributed by atoms with Crippen LogP contribution in [0.5, 0.6) is 5.75 Å². The van der Waals surface area contributed by atoms with Gasteiger partial charge in [-0.3, -0.25) is 38.6 Å². The lowest BCUT2D eigenvalue weighted by atomic mass is 10.0. The molecule has 0 aromatic heterocycles. The first-order valence-electron chi connectivity index (χ1n) is 16.7. The fourth-order valence-corrected chi connectivity index (χ4v) is 5.20. The van der Waals surface area contributed by atoms with E-state index in [1.165, 1.54) is 38.1 Å². The number of amides is 6. The highest BCUT2D eigenvalue weighted by atomic mass is 31.2. The normalized spacial score (nSPS) is 15.5. The molecule has 1 aromatic rings. The molecule has 1 aromatic carbocycles. The van der Waals surface area contributed by atoms with Gasteiger partial charge in [-0.05, 0) is 62.6 Å². The van der Waals surface area contributed by atoms with Gasteiger partial charge in [-0.25, -0.2) is 9.36 Å². The Bertz CT molecular complexity index is 1500. The molecular formula is C32H52N7O13P. The van der Waals surface area contributed by atoms with Gasteiger partial charge in [-0.1, -0.05) is 39.8 Å². The van der Waals surface area contributed by atoms with Gasteiger partial charge in [-0.15, -0.1) is 0 Å². The van der Waals surface area contributed by atoms with Gasteiger partial charge in [0, 0.05) is 6.42 Å². The van der Waals surface area contributed by atoms with Gasteiger partial charge in [0.25, 0.3) is 0 Å². The van der Waals surface area contributed by atoms with Crippen LogP contribution in [0.2, 0.25) is 0 Å². The van der Waals surface area contributed by atoms with E-state index in [0.717, 1.165) is 0 Å². The zero-order chi connectivity index (χ0) is 40.8. The van der Waals surface area contributed by atoms with E-state index < -0.39 is 97.5 Å². The average Bonchev–Trinajstić information content (AvgIpc) is 3.02. The summed E-state index contributed by atoms with van der Waals surface area (Å²) < 4.78 is 15.5. The third-order valence-corrected chi connectivity index (χ3v) is 8.09. The second kappa shape index (κ2) is 21.2. The molecule has 0 radical (unpaired) electrons. The molecule has 0 fully saturated rings. The molecule has 0 unspecified atom stereocenters. The number of hydrogen-bond donors (Lipinski definition) is 11. The van der Waals surface area contributed by atoms with E-state index >= 15 is 0 Å². The van der Waals surface area contributed by atoms with E-state index in [2.05, 4.69) is 31.1 Å². The number of nitrogens with one attached hydrogen (secondary N) is 5.